The summed E-state index contributed by atoms with van der Waals surface area (Å²) in [5.41, 5.74) is 0. The molecule has 1 aromatic rings. The van der Waals surface area contributed by atoms with Gasteiger partial charge in [0.2, 0.25) is 0 Å². The molecule has 5 atom stereocenters. The van der Waals surface area contributed by atoms with Crippen molar-refractivity contribution in [2.75, 3.05) is 7.05 Å². The lowest BCUT2D eigenvalue weighted by molar-refractivity contribution is 0.253. The first kappa shape index (κ1) is 15.2. The fourth-order valence-corrected chi connectivity index (χ4v) is 5.83. The Hall–Kier alpha value is -0.190. The number of nitrogens with one attached hydrogen (secondary N) is 1. The molecule has 0 spiro atoms. The van der Waals surface area contributed by atoms with Crippen LogP contribution in [0.2, 0.25) is 0 Å². The van der Waals surface area contributed by atoms with E-state index in [1.807, 2.05) is 31.3 Å². The highest BCUT2D eigenvalue weighted by Crippen LogP contribution is 2.35. The molecule has 2 rings (SSSR count). The SMILES string of the molecule is CNC1CC(C)CC(C)C1S(=O)c1ccccc1Br. The van der Waals surface area contributed by atoms with Crippen LogP contribution >= 0.6 is 15.9 Å². The van der Waals surface area contributed by atoms with Crippen molar-refractivity contribution in [1.82, 2.24) is 5.32 Å². The van der Waals surface area contributed by atoms with E-state index in [1.165, 1.54) is 6.42 Å². The van der Waals surface area contributed by atoms with Crippen molar-refractivity contribution >= 4 is 26.7 Å². The highest BCUT2D eigenvalue weighted by atomic mass is 79.9. The minimum atomic E-state index is -0.966. The summed E-state index contributed by atoms with van der Waals surface area (Å²) in [5.74, 6) is 1.19. The van der Waals surface area contributed by atoms with Crippen molar-refractivity contribution in [3.8, 4) is 0 Å². The van der Waals surface area contributed by atoms with Crippen LogP contribution in [0, 0.1) is 11.8 Å². The summed E-state index contributed by atoms with van der Waals surface area (Å²) in [6.07, 6.45) is 2.28. The Morgan fingerprint density at radius 3 is 2.58 bits per heavy atom. The molecular weight excluding hydrogens is 322 g/mol. The molecule has 0 aliphatic heterocycles. The predicted octanol–water partition coefficient (Wildman–Crippen LogP) is 3.58. The molecule has 106 valence electrons. The Balaban J connectivity index is 2.28. The number of rotatable bonds is 3. The molecule has 1 fully saturated rings. The minimum absolute atomic E-state index is 0.194. The molecule has 5 unspecified atom stereocenters. The zero-order valence-corrected chi connectivity index (χ0v) is 14.1. The first-order chi connectivity index (χ1) is 9.04. The second-order valence-electron chi connectivity index (χ2n) is 5.64. The maximum Gasteiger partial charge on any atom is 0.0590 e. The zero-order chi connectivity index (χ0) is 14.0. The third kappa shape index (κ3) is 3.29. The van der Waals surface area contributed by atoms with E-state index in [0.29, 0.717) is 17.9 Å². The zero-order valence-electron chi connectivity index (χ0n) is 11.7. The lowest BCUT2D eigenvalue weighted by Gasteiger charge is -2.39. The first-order valence-corrected chi connectivity index (χ1v) is 8.87. The third-order valence-corrected chi connectivity index (χ3v) is 7.09. The lowest BCUT2D eigenvalue weighted by atomic mass is 9.80. The molecule has 1 saturated carbocycles. The van der Waals surface area contributed by atoms with Crippen LogP contribution in [0.4, 0.5) is 0 Å². The van der Waals surface area contributed by atoms with E-state index in [1.54, 1.807) is 0 Å². The smallest absolute Gasteiger partial charge is 0.0590 e. The van der Waals surface area contributed by atoms with Gasteiger partial charge in [-0.15, -0.1) is 0 Å². The highest BCUT2D eigenvalue weighted by molar-refractivity contribution is 9.10. The first-order valence-electron chi connectivity index (χ1n) is 6.87. The van der Waals surface area contributed by atoms with Crippen molar-refractivity contribution in [3.05, 3.63) is 28.7 Å². The van der Waals surface area contributed by atoms with Gasteiger partial charge in [0.1, 0.15) is 0 Å². The largest absolute Gasteiger partial charge is 0.316 e. The van der Waals surface area contributed by atoms with Crippen LogP contribution in [0.5, 0.6) is 0 Å². The molecule has 0 radical (unpaired) electrons. The fraction of sp³-hybridized carbons (Fsp3) is 0.600. The number of benzene rings is 1. The van der Waals surface area contributed by atoms with Crippen molar-refractivity contribution in [1.29, 1.82) is 0 Å². The topological polar surface area (TPSA) is 29.1 Å². The molecule has 0 bridgehead atoms. The second-order valence-corrected chi connectivity index (χ2v) is 8.07. The Morgan fingerprint density at radius 1 is 1.26 bits per heavy atom. The number of halogens is 1. The van der Waals surface area contributed by atoms with E-state index in [0.717, 1.165) is 15.8 Å². The monoisotopic (exact) mass is 343 g/mol. The van der Waals surface area contributed by atoms with Gasteiger partial charge in [-0.3, -0.25) is 4.21 Å². The van der Waals surface area contributed by atoms with Crippen LogP contribution in [0.3, 0.4) is 0 Å². The Bertz CT molecular complexity index is 465. The molecule has 0 heterocycles. The van der Waals surface area contributed by atoms with Crippen molar-refractivity contribution in [2.24, 2.45) is 11.8 Å². The van der Waals surface area contributed by atoms with Crippen LogP contribution in [-0.4, -0.2) is 22.5 Å². The van der Waals surface area contributed by atoms with E-state index in [2.05, 4.69) is 35.1 Å². The van der Waals surface area contributed by atoms with Gasteiger partial charge < -0.3 is 5.32 Å². The van der Waals surface area contributed by atoms with Crippen LogP contribution < -0.4 is 5.32 Å². The van der Waals surface area contributed by atoms with Gasteiger partial charge in [0.15, 0.2) is 0 Å². The summed E-state index contributed by atoms with van der Waals surface area (Å²) in [7, 11) is 1.02. The van der Waals surface area contributed by atoms with Gasteiger partial charge in [0, 0.05) is 10.5 Å². The fourth-order valence-electron chi connectivity index (χ4n) is 3.23. The van der Waals surface area contributed by atoms with Crippen LogP contribution in [0.1, 0.15) is 26.7 Å². The Morgan fingerprint density at radius 2 is 1.95 bits per heavy atom. The molecule has 1 aliphatic rings. The Kier molecular flexibility index (Phi) is 5.21. The summed E-state index contributed by atoms with van der Waals surface area (Å²) in [6.45, 7) is 4.53. The molecule has 19 heavy (non-hydrogen) atoms. The molecule has 0 amide bonds. The van der Waals surface area contributed by atoms with E-state index < -0.39 is 10.8 Å². The van der Waals surface area contributed by atoms with Crippen molar-refractivity contribution < 1.29 is 4.21 Å². The third-order valence-electron chi connectivity index (χ3n) is 4.06. The predicted molar refractivity (Wildman–Crippen MR) is 84.7 cm³/mol. The quantitative estimate of drug-likeness (QED) is 0.908. The maximum atomic E-state index is 12.9. The summed E-state index contributed by atoms with van der Waals surface area (Å²) >= 11 is 3.52. The van der Waals surface area contributed by atoms with Crippen molar-refractivity contribution in [3.63, 3.8) is 0 Å². The molecule has 1 aliphatic carbocycles. The molecule has 4 heteroatoms. The molecule has 2 nitrogen and oxygen atoms in total. The van der Waals surface area contributed by atoms with Gasteiger partial charge in [0.05, 0.1) is 20.9 Å². The van der Waals surface area contributed by atoms with E-state index in [9.17, 15) is 4.21 Å². The van der Waals surface area contributed by atoms with Crippen LogP contribution in [0.15, 0.2) is 33.6 Å². The molecule has 1 N–H and O–H groups in total. The lowest BCUT2D eigenvalue weighted by Crippen LogP contribution is -2.48. The average molecular weight is 344 g/mol. The Labute approximate surface area is 127 Å². The molecule has 1 aromatic carbocycles. The highest BCUT2D eigenvalue weighted by Gasteiger charge is 2.37. The summed E-state index contributed by atoms with van der Waals surface area (Å²) in [4.78, 5) is 0.925. The summed E-state index contributed by atoms with van der Waals surface area (Å²) < 4.78 is 13.9. The van der Waals surface area contributed by atoms with Gasteiger partial charge in [-0.25, -0.2) is 0 Å². The molecular formula is C15H22BrNOS. The minimum Gasteiger partial charge on any atom is -0.316 e. The summed E-state index contributed by atoms with van der Waals surface area (Å²) in [5, 5.41) is 3.57. The summed E-state index contributed by atoms with van der Waals surface area (Å²) in [6, 6.07) is 8.21. The van der Waals surface area contributed by atoms with Crippen molar-refractivity contribution in [2.45, 2.75) is 42.9 Å². The van der Waals surface area contributed by atoms with Gasteiger partial charge in [-0.05, 0) is 59.8 Å². The van der Waals surface area contributed by atoms with E-state index in [4.69, 9.17) is 0 Å². The van der Waals surface area contributed by atoms with Crippen LogP contribution in [-0.2, 0) is 10.8 Å². The second kappa shape index (κ2) is 6.51. The standard InChI is InChI=1S/C15H22BrNOS/c1-10-8-11(2)15(13(9-10)17-3)19(18)14-7-5-4-6-12(14)16/h4-7,10-11,13,15,17H,8-9H2,1-3H3. The average Bonchev–Trinajstić information content (AvgIpc) is 2.37. The van der Waals surface area contributed by atoms with Crippen LogP contribution in [0.25, 0.3) is 0 Å². The van der Waals surface area contributed by atoms with Gasteiger partial charge in [-0.2, -0.15) is 0 Å². The van der Waals surface area contributed by atoms with E-state index in [-0.39, 0.29) is 5.25 Å². The molecule has 0 saturated heterocycles. The van der Waals surface area contributed by atoms with E-state index >= 15 is 0 Å². The van der Waals surface area contributed by atoms with Gasteiger partial charge in [-0.1, -0.05) is 26.0 Å². The maximum absolute atomic E-state index is 12.9. The van der Waals surface area contributed by atoms with Gasteiger partial charge >= 0.3 is 0 Å². The number of hydrogen-bond donors (Lipinski definition) is 1. The number of hydrogen-bond acceptors (Lipinski definition) is 2. The van der Waals surface area contributed by atoms with Gasteiger partial charge in [0.25, 0.3) is 0 Å². The molecule has 0 aromatic heterocycles. The normalized spacial score (nSPS) is 33.1.